The lowest BCUT2D eigenvalue weighted by atomic mass is 10.1. The highest BCUT2D eigenvalue weighted by Crippen LogP contribution is 2.29. The molecule has 146 valence electrons. The second-order valence-corrected chi connectivity index (χ2v) is 6.59. The molecule has 0 fully saturated rings. The van der Waals surface area contributed by atoms with Crippen molar-refractivity contribution in [3.63, 3.8) is 0 Å². The topological polar surface area (TPSA) is 71.3 Å². The molecule has 2 aromatic carbocycles. The van der Waals surface area contributed by atoms with Gasteiger partial charge in [0.2, 0.25) is 0 Å². The average molecular weight is 378 g/mol. The minimum absolute atomic E-state index is 0.0200. The quantitative estimate of drug-likeness (QED) is 0.404. The molecule has 0 atom stereocenters. The van der Waals surface area contributed by atoms with Crippen molar-refractivity contribution < 1.29 is 14.3 Å². The van der Waals surface area contributed by atoms with E-state index in [1.54, 1.807) is 31.4 Å². The summed E-state index contributed by atoms with van der Waals surface area (Å²) < 4.78 is 11.0. The van der Waals surface area contributed by atoms with Crippen LogP contribution in [0.1, 0.15) is 31.4 Å². The fourth-order valence-corrected chi connectivity index (χ4v) is 2.67. The van der Waals surface area contributed by atoms with E-state index >= 15 is 0 Å². The van der Waals surface area contributed by atoms with Gasteiger partial charge in [0.1, 0.15) is 11.6 Å². The predicted octanol–water partition coefficient (Wildman–Crippen LogP) is 4.14. The molecule has 0 saturated carbocycles. The van der Waals surface area contributed by atoms with E-state index in [4.69, 9.17) is 9.47 Å². The van der Waals surface area contributed by atoms with Gasteiger partial charge in [-0.3, -0.25) is 4.79 Å². The zero-order valence-electron chi connectivity index (χ0n) is 16.6. The molecule has 0 spiro atoms. The minimum Gasteiger partial charge on any atom is -0.493 e. The number of carbonyl (C=O) groups excluding carboxylic acids is 1. The standard InChI is InChI=1S/C23H26N2O3/c1-17(2)28-21-12-11-19(15-22(21)27-3)14-20(16-24)23(26)25-13-7-10-18-8-5-4-6-9-18/h4-6,8-9,11-12,14-15,17H,7,10,13H2,1-3H3,(H,25,26)/b20-14-. The summed E-state index contributed by atoms with van der Waals surface area (Å²) in [5, 5.41) is 12.2. The Hall–Kier alpha value is -3.26. The summed E-state index contributed by atoms with van der Waals surface area (Å²) in [6.07, 6.45) is 3.26. The van der Waals surface area contributed by atoms with Crippen LogP contribution in [0.15, 0.2) is 54.1 Å². The van der Waals surface area contributed by atoms with E-state index in [0.29, 0.717) is 23.6 Å². The molecule has 2 rings (SSSR count). The lowest BCUT2D eigenvalue weighted by Gasteiger charge is -2.13. The van der Waals surface area contributed by atoms with E-state index in [-0.39, 0.29) is 17.6 Å². The van der Waals surface area contributed by atoms with Crippen LogP contribution >= 0.6 is 0 Å². The summed E-state index contributed by atoms with van der Waals surface area (Å²) >= 11 is 0. The summed E-state index contributed by atoms with van der Waals surface area (Å²) in [5.74, 6) is 0.804. The Bertz CT molecular complexity index is 852. The maximum absolute atomic E-state index is 12.3. The highest BCUT2D eigenvalue weighted by molar-refractivity contribution is 6.01. The van der Waals surface area contributed by atoms with Gasteiger partial charge in [0.15, 0.2) is 11.5 Å². The highest BCUT2D eigenvalue weighted by atomic mass is 16.5. The van der Waals surface area contributed by atoms with Gasteiger partial charge >= 0.3 is 0 Å². The van der Waals surface area contributed by atoms with E-state index < -0.39 is 0 Å². The molecule has 1 amide bonds. The lowest BCUT2D eigenvalue weighted by Crippen LogP contribution is -2.25. The van der Waals surface area contributed by atoms with Gasteiger partial charge in [0, 0.05) is 6.54 Å². The van der Waals surface area contributed by atoms with Gasteiger partial charge in [-0.2, -0.15) is 5.26 Å². The molecular weight excluding hydrogens is 352 g/mol. The highest BCUT2D eigenvalue weighted by Gasteiger charge is 2.11. The first-order chi connectivity index (χ1) is 13.5. The van der Waals surface area contributed by atoms with Crippen molar-refractivity contribution in [2.75, 3.05) is 13.7 Å². The van der Waals surface area contributed by atoms with Gasteiger partial charge in [0.25, 0.3) is 5.91 Å². The van der Waals surface area contributed by atoms with Gasteiger partial charge < -0.3 is 14.8 Å². The number of benzene rings is 2. The molecule has 0 saturated heterocycles. The molecule has 0 radical (unpaired) electrons. The minimum atomic E-state index is -0.378. The van der Waals surface area contributed by atoms with Crippen LogP contribution in [0.4, 0.5) is 0 Å². The number of nitrogens with zero attached hydrogens (tertiary/aromatic N) is 1. The zero-order chi connectivity index (χ0) is 20.4. The van der Waals surface area contributed by atoms with Crippen molar-refractivity contribution in [3.8, 4) is 17.6 Å². The van der Waals surface area contributed by atoms with Gasteiger partial charge in [-0.15, -0.1) is 0 Å². The fourth-order valence-electron chi connectivity index (χ4n) is 2.67. The van der Waals surface area contributed by atoms with Crippen LogP contribution in [0.3, 0.4) is 0 Å². The van der Waals surface area contributed by atoms with Crippen molar-refractivity contribution in [1.29, 1.82) is 5.26 Å². The molecule has 28 heavy (non-hydrogen) atoms. The molecule has 2 aromatic rings. The summed E-state index contributed by atoms with van der Waals surface area (Å²) in [6.45, 7) is 4.38. The Morgan fingerprint density at radius 3 is 2.57 bits per heavy atom. The molecule has 0 heterocycles. The number of aryl methyl sites for hydroxylation is 1. The molecule has 5 nitrogen and oxygen atoms in total. The maximum atomic E-state index is 12.3. The predicted molar refractivity (Wildman–Crippen MR) is 110 cm³/mol. The van der Waals surface area contributed by atoms with E-state index in [1.165, 1.54) is 5.56 Å². The summed E-state index contributed by atoms with van der Waals surface area (Å²) in [6, 6.07) is 17.4. The van der Waals surface area contributed by atoms with Gasteiger partial charge in [-0.25, -0.2) is 0 Å². The van der Waals surface area contributed by atoms with E-state index in [1.807, 2.05) is 38.1 Å². The van der Waals surface area contributed by atoms with Crippen LogP contribution < -0.4 is 14.8 Å². The lowest BCUT2D eigenvalue weighted by molar-refractivity contribution is -0.117. The average Bonchev–Trinajstić information content (AvgIpc) is 2.70. The smallest absolute Gasteiger partial charge is 0.261 e. The van der Waals surface area contributed by atoms with E-state index in [2.05, 4.69) is 17.4 Å². The van der Waals surface area contributed by atoms with Crippen LogP contribution in [-0.4, -0.2) is 25.7 Å². The third kappa shape index (κ3) is 6.48. The molecular formula is C23H26N2O3. The summed E-state index contributed by atoms with van der Waals surface area (Å²) in [7, 11) is 1.56. The SMILES string of the molecule is COc1cc(/C=C(/C#N)C(=O)NCCCc2ccccc2)ccc1OC(C)C. The number of ether oxygens (including phenoxy) is 2. The third-order valence-corrected chi connectivity index (χ3v) is 4.00. The fraction of sp³-hybridized carbons (Fsp3) is 0.304. The molecule has 0 unspecified atom stereocenters. The number of carbonyl (C=O) groups is 1. The Morgan fingerprint density at radius 2 is 1.93 bits per heavy atom. The first-order valence-corrected chi connectivity index (χ1v) is 9.32. The van der Waals surface area contributed by atoms with Gasteiger partial charge in [-0.05, 0) is 56.0 Å². The monoisotopic (exact) mass is 378 g/mol. The number of hydrogen-bond acceptors (Lipinski definition) is 4. The third-order valence-electron chi connectivity index (χ3n) is 4.00. The Labute approximate surface area is 166 Å². The van der Waals surface area contributed by atoms with Gasteiger partial charge in [-0.1, -0.05) is 36.4 Å². The number of methoxy groups -OCH3 is 1. The molecule has 0 bridgehead atoms. The van der Waals surface area contributed by atoms with Crippen LogP contribution in [0.2, 0.25) is 0 Å². The second kappa shape index (κ2) is 10.8. The number of amides is 1. The molecule has 0 aromatic heterocycles. The second-order valence-electron chi connectivity index (χ2n) is 6.59. The summed E-state index contributed by atoms with van der Waals surface area (Å²) in [5.41, 5.74) is 1.98. The van der Waals surface area contributed by atoms with Crippen LogP contribution in [-0.2, 0) is 11.2 Å². The maximum Gasteiger partial charge on any atom is 0.261 e. The zero-order valence-corrected chi connectivity index (χ0v) is 16.6. The van der Waals surface area contributed by atoms with E-state index in [9.17, 15) is 10.1 Å². The largest absolute Gasteiger partial charge is 0.493 e. The Balaban J connectivity index is 1.98. The van der Waals surface area contributed by atoms with E-state index in [0.717, 1.165) is 12.8 Å². The molecule has 0 aliphatic heterocycles. The van der Waals surface area contributed by atoms with Crippen molar-refractivity contribution in [2.24, 2.45) is 0 Å². The van der Waals surface area contributed by atoms with Crippen LogP contribution in [0.5, 0.6) is 11.5 Å². The Morgan fingerprint density at radius 1 is 1.18 bits per heavy atom. The number of hydrogen-bond donors (Lipinski definition) is 1. The number of rotatable bonds is 9. The van der Waals surface area contributed by atoms with Gasteiger partial charge in [0.05, 0.1) is 13.2 Å². The molecule has 5 heteroatoms. The first-order valence-electron chi connectivity index (χ1n) is 9.32. The van der Waals surface area contributed by atoms with Crippen molar-refractivity contribution in [2.45, 2.75) is 32.8 Å². The van der Waals surface area contributed by atoms with Crippen molar-refractivity contribution in [3.05, 3.63) is 65.2 Å². The van der Waals surface area contributed by atoms with Crippen molar-refractivity contribution >= 4 is 12.0 Å². The molecule has 0 aliphatic carbocycles. The van der Waals surface area contributed by atoms with Crippen LogP contribution in [0.25, 0.3) is 6.08 Å². The number of nitrogens with one attached hydrogen (secondary N) is 1. The molecule has 0 aliphatic rings. The molecule has 1 N–H and O–H groups in total. The normalized spacial score (nSPS) is 11.0. The Kier molecular flexibility index (Phi) is 8.11. The summed E-state index contributed by atoms with van der Waals surface area (Å²) in [4.78, 5) is 12.3. The van der Waals surface area contributed by atoms with Crippen molar-refractivity contribution in [1.82, 2.24) is 5.32 Å². The van der Waals surface area contributed by atoms with Crippen LogP contribution in [0, 0.1) is 11.3 Å². The first kappa shape index (κ1) is 21.0. The number of nitriles is 1.